The summed E-state index contributed by atoms with van der Waals surface area (Å²) in [5, 5.41) is 3.49. The molecule has 0 bridgehead atoms. The van der Waals surface area contributed by atoms with Gasteiger partial charge in [0.25, 0.3) is 0 Å². The largest absolute Gasteiger partial charge is 0.493 e. The summed E-state index contributed by atoms with van der Waals surface area (Å²) in [5.74, 6) is 1.74. The fourth-order valence-electron chi connectivity index (χ4n) is 2.97. The highest BCUT2D eigenvalue weighted by atomic mass is 16.5. The van der Waals surface area contributed by atoms with Gasteiger partial charge in [-0.25, -0.2) is 0 Å². The van der Waals surface area contributed by atoms with Crippen LogP contribution < -0.4 is 10.1 Å². The van der Waals surface area contributed by atoms with Crippen LogP contribution in [0.2, 0.25) is 0 Å². The Labute approximate surface area is 165 Å². The molecule has 27 heavy (non-hydrogen) atoms. The van der Waals surface area contributed by atoms with Crippen molar-refractivity contribution in [3.8, 4) is 16.9 Å². The molecule has 0 fully saturated rings. The Morgan fingerprint density at radius 3 is 2.48 bits per heavy atom. The maximum absolute atomic E-state index is 6.08. The number of benzene rings is 2. The molecule has 0 saturated heterocycles. The minimum absolute atomic E-state index is 0.716. The second-order valence-electron chi connectivity index (χ2n) is 7.45. The zero-order valence-corrected chi connectivity index (χ0v) is 17.9. The van der Waals surface area contributed by atoms with E-state index in [1.54, 1.807) is 0 Å². The number of nitrogens with one attached hydrogen (secondary N) is 1. The summed E-state index contributed by atoms with van der Waals surface area (Å²) in [5.41, 5.74) is 7.32. The molecule has 0 aliphatic rings. The van der Waals surface area contributed by atoms with Crippen LogP contribution in [0.4, 0.5) is 5.69 Å². The third kappa shape index (κ3) is 5.89. The lowest BCUT2D eigenvalue weighted by molar-refractivity contribution is 0.279. The highest BCUT2D eigenvalue weighted by Crippen LogP contribution is 2.30. The Hall–Kier alpha value is -2.22. The van der Waals surface area contributed by atoms with Crippen molar-refractivity contribution < 1.29 is 4.74 Å². The maximum Gasteiger partial charge on any atom is 0.122 e. The minimum atomic E-state index is 0.716. The molecule has 0 amide bonds. The van der Waals surface area contributed by atoms with E-state index < -0.39 is 0 Å². The molecule has 2 aromatic carbocycles. The highest BCUT2D eigenvalue weighted by molar-refractivity contribution is 5.72. The van der Waals surface area contributed by atoms with Gasteiger partial charge in [-0.15, -0.1) is 0 Å². The fraction of sp³-hybridized carbons (Fsp3) is 0.440. The zero-order valence-electron chi connectivity index (χ0n) is 17.9. The molecule has 146 valence electrons. The first-order valence-electron chi connectivity index (χ1n) is 10.2. The molecule has 1 N–H and O–H groups in total. The van der Waals surface area contributed by atoms with Gasteiger partial charge < -0.3 is 10.1 Å². The molecule has 0 radical (unpaired) electrons. The van der Waals surface area contributed by atoms with Gasteiger partial charge in [-0.2, -0.15) is 0 Å². The lowest BCUT2D eigenvalue weighted by Gasteiger charge is -2.15. The molecule has 2 aromatic rings. The molecule has 0 aliphatic heterocycles. The van der Waals surface area contributed by atoms with Crippen LogP contribution in [0.3, 0.4) is 0 Å². The molecule has 0 aliphatic carbocycles. The van der Waals surface area contributed by atoms with E-state index in [0.717, 1.165) is 36.6 Å². The quantitative estimate of drug-likeness (QED) is 0.500. The molecular weight excluding hydrogens is 330 g/mol. The number of hydrogen-bond acceptors (Lipinski definition) is 2. The highest BCUT2D eigenvalue weighted by Gasteiger charge is 2.08. The Balaban J connectivity index is 2.22. The molecule has 0 heterocycles. The predicted molar refractivity (Wildman–Crippen MR) is 119 cm³/mol. The molecule has 0 saturated carbocycles. The average Bonchev–Trinajstić information content (AvgIpc) is 2.69. The predicted octanol–water partition coefficient (Wildman–Crippen LogP) is 7.38. The smallest absolute Gasteiger partial charge is 0.122 e. The molecule has 2 rings (SSSR count). The van der Waals surface area contributed by atoms with Crippen LogP contribution in [0.25, 0.3) is 11.1 Å². The van der Waals surface area contributed by atoms with E-state index in [0.29, 0.717) is 5.92 Å². The van der Waals surface area contributed by atoms with Crippen LogP contribution in [0.15, 0.2) is 48.2 Å². The second kappa shape index (κ2) is 10.2. The topological polar surface area (TPSA) is 21.3 Å². The summed E-state index contributed by atoms with van der Waals surface area (Å²) in [6.45, 7) is 13.8. The lowest BCUT2D eigenvalue weighted by Crippen LogP contribution is -2.04. The van der Waals surface area contributed by atoms with E-state index in [1.807, 2.05) is 0 Å². The van der Waals surface area contributed by atoms with Gasteiger partial charge in [0, 0.05) is 11.4 Å². The van der Waals surface area contributed by atoms with Crippen molar-refractivity contribution in [3.05, 3.63) is 59.3 Å². The Morgan fingerprint density at radius 1 is 1.11 bits per heavy atom. The van der Waals surface area contributed by atoms with Crippen LogP contribution >= 0.6 is 0 Å². The van der Waals surface area contributed by atoms with Crippen molar-refractivity contribution in [2.45, 2.75) is 60.8 Å². The van der Waals surface area contributed by atoms with Crippen molar-refractivity contribution in [3.63, 3.8) is 0 Å². The first-order chi connectivity index (χ1) is 13.0. The number of rotatable bonds is 9. The molecule has 1 unspecified atom stereocenters. The van der Waals surface area contributed by atoms with E-state index in [1.165, 1.54) is 28.7 Å². The minimum Gasteiger partial charge on any atom is -0.493 e. The van der Waals surface area contributed by atoms with Gasteiger partial charge in [0.1, 0.15) is 5.75 Å². The maximum atomic E-state index is 6.08. The van der Waals surface area contributed by atoms with E-state index in [4.69, 9.17) is 4.74 Å². The first kappa shape index (κ1) is 21.1. The van der Waals surface area contributed by atoms with Crippen LogP contribution in [0, 0.1) is 12.8 Å². The fourth-order valence-corrected chi connectivity index (χ4v) is 2.97. The number of ether oxygens (including phenoxy) is 1. The molecule has 1 atom stereocenters. The van der Waals surface area contributed by atoms with Crippen molar-refractivity contribution in [2.75, 3.05) is 11.9 Å². The van der Waals surface area contributed by atoms with E-state index in [2.05, 4.69) is 89.3 Å². The third-order valence-corrected chi connectivity index (χ3v) is 5.34. The Morgan fingerprint density at radius 2 is 1.81 bits per heavy atom. The average molecular weight is 366 g/mol. The monoisotopic (exact) mass is 365 g/mol. The Bertz CT molecular complexity index is 776. The van der Waals surface area contributed by atoms with Crippen molar-refractivity contribution in [1.82, 2.24) is 0 Å². The van der Waals surface area contributed by atoms with Crippen LogP contribution in [0.1, 0.15) is 58.6 Å². The van der Waals surface area contributed by atoms with Crippen LogP contribution in [0.5, 0.6) is 5.75 Å². The summed E-state index contributed by atoms with van der Waals surface area (Å²) in [4.78, 5) is 0. The van der Waals surface area contributed by atoms with Crippen LogP contribution in [-0.4, -0.2) is 6.61 Å². The molecule has 2 heteroatoms. The second-order valence-corrected chi connectivity index (χ2v) is 7.45. The van der Waals surface area contributed by atoms with Gasteiger partial charge in [0.2, 0.25) is 0 Å². The summed E-state index contributed by atoms with van der Waals surface area (Å²) in [6.07, 6.45) is 5.38. The first-order valence-corrected chi connectivity index (χ1v) is 10.2. The lowest BCUT2D eigenvalue weighted by atomic mass is 9.99. The third-order valence-electron chi connectivity index (χ3n) is 5.34. The van der Waals surface area contributed by atoms with Crippen molar-refractivity contribution >= 4 is 5.69 Å². The van der Waals surface area contributed by atoms with Crippen molar-refractivity contribution in [2.24, 2.45) is 5.92 Å². The van der Waals surface area contributed by atoms with E-state index in [-0.39, 0.29) is 0 Å². The number of aryl methyl sites for hydroxylation is 2. The van der Waals surface area contributed by atoms with Gasteiger partial charge in [-0.1, -0.05) is 51.5 Å². The van der Waals surface area contributed by atoms with E-state index >= 15 is 0 Å². The number of allylic oxidation sites excluding steroid dienone is 2. The molecule has 0 spiro atoms. The van der Waals surface area contributed by atoms with Gasteiger partial charge in [-0.05, 0) is 80.0 Å². The van der Waals surface area contributed by atoms with E-state index in [9.17, 15) is 0 Å². The standard InChI is InChI=1S/C25H35NO/c1-7-18(4)14-15-27-25-13-12-22(16-21(25)9-3)23-11-10-19(5)24(17-23)26-20(6)8-2/h8,10-13,16-18,26H,7,9,14-15H2,1-6H3/b20-8-. The number of anilines is 1. The van der Waals surface area contributed by atoms with Gasteiger partial charge in [0.05, 0.1) is 6.61 Å². The van der Waals surface area contributed by atoms with Gasteiger partial charge in [-0.3, -0.25) is 0 Å². The zero-order chi connectivity index (χ0) is 19.8. The number of hydrogen-bond donors (Lipinski definition) is 1. The molecule has 0 aromatic heterocycles. The molecule has 2 nitrogen and oxygen atoms in total. The summed E-state index contributed by atoms with van der Waals surface area (Å²) >= 11 is 0. The summed E-state index contributed by atoms with van der Waals surface area (Å²) in [7, 11) is 0. The van der Waals surface area contributed by atoms with Gasteiger partial charge in [0.15, 0.2) is 0 Å². The normalized spacial score (nSPS) is 12.7. The summed E-state index contributed by atoms with van der Waals surface area (Å²) in [6, 6.07) is 13.2. The van der Waals surface area contributed by atoms with Crippen molar-refractivity contribution in [1.29, 1.82) is 0 Å². The van der Waals surface area contributed by atoms with Crippen LogP contribution in [-0.2, 0) is 6.42 Å². The summed E-state index contributed by atoms with van der Waals surface area (Å²) < 4.78 is 6.08. The molecular formula is C25H35NO. The Kier molecular flexibility index (Phi) is 7.97. The SMILES string of the molecule is C/C=C(/C)Nc1cc(-c2ccc(OCCC(C)CC)c(CC)c2)ccc1C. The van der Waals surface area contributed by atoms with Gasteiger partial charge >= 0.3 is 0 Å².